The van der Waals surface area contributed by atoms with Crippen LogP contribution < -0.4 is 5.73 Å². The van der Waals surface area contributed by atoms with Crippen molar-refractivity contribution in [3.05, 3.63) is 63.1 Å². The number of rotatable bonds is 3. The first-order valence-electron chi connectivity index (χ1n) is 5.84. The predicted molar refractivity (Wildman–Crippen MR) is 79.5 cm³/mol. The second kappa shape index (κ2) is 5.45. The highest BCUT2D eigenvalue weighted by Crippen LogP contribution is 2.26. The fraction of sp³-hybridized carbons (Fsp3) is 0.133. The number of hydrogen-bond acceptors (Lipinski definition) is 2. The van der Waals surface area contributed by atoms with Gasteiger partial charge in [0, 0.05) is 10.2 Å². The second-order valence-corrected chi connectivity index (χ2v) is 5.29. The normalized spacial score (nSPS) is 10.4. The molecular formula is C15H14BrNO2. The van der Waals surface area contributed by atoms with Crippen molar-refractivity contribution < 1.29 is 9.90 Å². The van der Waals surface area contributed by atoms with Crippen molar-refractivity contribution >= 4 is 27.6 Å². The van der Waals surface area contributed by atoms with Crippen LogP contribution >= 0.6 is 15.9 Å². The maximum absolute atomic E-state index is 11.2. The number of halogens is 1. The van der Waals surface area contributed by atoms with Crippen LogP contribution in [0.4, 0.5) is 5.69 Å². The molecule has 0 fully saturated rings. The van der Waals surface area contributed by atoms with E-state index in [-0.39, 0.29) is 0 Å². The van der Waals surface area contributed by atoms with Crippen LogP contribution in [0.25, 0.3) is 0 Å². The number of carbonyl (C=O) groups is 1. The molecule has 0 radical (unpaired) electrons. The van der Waals surface area contributed by atoms with Crippen molar-refractivity contribution in [1.82, 2.24) is 0 Å². The average molecular weight is 320 g/mol. The number of aromatic carboxylic acids is 1. The van der Waals surface area contributed by atoms with E-state index in [2.05, 4.69) is 15.9 Å². The molecule has 0 spiro atoms. The van der Waals surface area contributed by atoms with Gasteiger partial charge in [-0.05, 0) is 48.2 Å². The summed E-state index contributed by atoms with van der Waals surface area (Å²) in [7, 11) is 0. The summed E-state index contributed by atoms with van der Waals surface area (Å²) < 4.78 is 0.944. The number of anilines is 1. The first-order valence-corrected chi connectivity index (χ1v) is 6.64. The van der Waals surface area contributed by atoms with E-state index in [9.17, 15) is 9.90 Å². The van der Waals surface area contributed by atoms with Crippen LogP contribution in [-0.2, 0) is 6.42 Å². The fourth-order valence-corrected chi connectivity index (χ4v) is 2.56. The predicted octanol–water partition coefficient (Wildman–Crippen LogP) is 3.63. The molecule has 2 rings (SSSR count). The van der Waals surface area contributed by atoms with Crippen LogP contribution in [-0.4, -0.2) is 11.1 Å². The van der Waals surface area contributed by atoms with E-state index in [1.54, 1.807) is 12.1 Å². The molecule has 0 unspecified atom stereocenters. The van der Waals surface area contributed by atoms with Crippen LogP contribution in [0.15, 0.2) is 40.9 Å². The van der Waals surface area contributed by atoms with E-state index in [1.807, 2.05) is 31.2 Å². The minimum atomic E-state index is -0.910. The number of nitrogen functional groups attached to an aromatic ring is 1. The SMILES string of the molecule is Cc1cc(Br)c(Cc2ccccc2C(=O)O)cc1N. The molecule has 0 aromatic heterocycles. The molecule has 0 aliphatic heterocycles. The van der Waals surface area contributed by atoms with Crippen molar-refractivity contribution in [3.63, 3.8) is 0 Å². The Labute approximate surface area is 120 Å². The number of nitrogens with two attached hydrogens (primary N) is 1. The third kappa shape index (κ3) is 2.96. The number of benzene rings is 2. The van der Waals surface area contributed by atoms with Crippen molar-refractivity contribution in [2.75, 3.05) is 5.73 Å². The number of aryl methyl sites for hydroxylation is 1. The molecule has 3 N–H and O–H groups in total. The van der Waals surface area contributed by atoms with Crippen LogP contribution in [0.1, 0.15) is 27.0 Å². The third-order valence-corrected chi connectivity index (χ3v) is 3.80. The highest BCUT2D eigenvalue weighted by atomic mass is 79.9. The van der Waals surface area contributed by atoms with E-state index in [4.69, 9.17) is 5.73 Å². The Morgan fingerprint density at radius 2 is 1.95 bits per heavy atom. The number of carboxylic acids is 1. The van der Waals surface area contributed by atoms with E-state index in [0.29, 0.717) is 17.7 Å². The van der Waals surface area contributed by atoms with Gasteiger partial charge in [-0.3, -0.25) is 0 Å². The first kappa shape index (κ1) is 13.6. The molecule has 2 aromatic carbocycles. The third-order valence-electron chi connectivity index (χ3n) is 3.06. The monoisotopic (exact) mass is 319 g/mol. The summed E-state index contributed by atoms with van der Waals surface area (Å²) in [6.45, 7) is 1.94. The van der Waals surface area contributed by atoms with Gasteiger partial charge in [0.15, 0.2) is 0 Å². The van der Waals surface area contributed by atoms with Crippen LogP contribution in [0.2, 0.25) is 0 Å². The molecule has 2 aromatic rings. The van der Waals surface area contributed by atoms with Crippen molar-refractivity contribution in [1.29, 1.82) is 0 Å². The average Bonchev–Trinajstić information content (AvgIpc) is 2.36. The zero-order valence-corrected chi connectivity index (χ0v) is 12.1. The van der Waals surface area contributed by atoms with Gasteiger partial charge in [-0.25, -0.2) is 4.79 Å². The summed E-state index contributed by atoms with van der Waals surface area (Å²) in [4.78, 5) is 11.2. The minimum Gasteiger partial charge on any atom is -0.478 e. The minimum absolute atomic E-state index is 0.327. The maximum atomic E-state index is 11.2. The zero-order chi connectivity index (χ0) is 14.0. The quantitative estimate of drug-likeness (QED) is 0.849. The first-order chi connectivity index (χ1) is 8.99. The lowest BCUT2D eigenvalue weighted by Gasteiger charge is -2.10. The van der Waals surface area contributed by atoms with Gasteiger partial charge >= 0.3 is 5.97 Å². The van der Waals surface area contributed by atoms with Crippen LogP contribution in [0.5, 0.6) is 0 Å². The highest BCUT2D eigenvalue weighted by molar-refractivity contribution is 9.10. The zero-order valence-electron chi connectivity index (χ0n) is 10.5. The lowest BCUT2D eigenvalue weighted by Crippen LogP contribution is -2.03. The molecule has 0 bridgehead atoms. The fourth-order valence-electron chi connectivity index (χ4n) is 1.96. The standard InChI is InChI=1S/C15H14BrNO2/c1-9-6-13(16)11(8-14(9)17)7-10-4-2-3-5-12(10)15(18)19/h2-6,8H,7,17H2,1H3,(H,18,19). The maximum Gasteiger partial charge on any atom is 0.335 e. The molecule has 0 aliphatic rings. The van der Waals surface area contributed by atoms with Gasteiger partial charge in [0.25, 0.3) is 0 Å². The van der Waals surface area contributed by atoms with Crippen molar-refractivity contribution in [3.8, 4) is 0 Å². The topological polar surface area (TPSA) is 63.3 Å². The largest absolute Gasteiger partial charge is 0.478 e. The Balaban J connectivity index is 2.42. The number of carboxylic acid groups (broad SMARTS) is 1. The molecule has 0 heterocycles. The Bertz CT molecular complexity index is 638. The van der Waals surface area contributed by atoms with E-state index in [0.717, 1.165) is 21.2 Å². The van der Waals surface area contributed by atoms with Gasteiger partial charge in [0.2, 0.25) is 0 Å². The number of hydrogen-bond donors (Lipinski definition) is 2. The molecular weight excluding hydrogens is 306 g/mol. The Morgan fingerprint density at radius 1 is 1.26 bits per heavy atom. The molecule has 0 aliphatic carbocycles. The molecule has 0 saturated carbocycles. The summed E-state index contributed by atoms with van der Waals surface area (Å²) in [5, 5.41) is 9.18. The summed E-state index contributed by atoms with van der Waals surface area (Å²) in [5.74, 6) is -0.910. The Hall–Kier alpha value is -1.81. The van der Waals surface area contributed by atoms with Gasteiger partial charge < -0.3 is 10.8 Å². The lowest BCUT2D eigenvalue weighted by atomic mass is 9.98. The summed E-state index contributed by atoms with van der Waals surface area (Å²) >= 11 is 3.50. The molecule has 4 heteroatoms. The van der Waals surface area contributed by atoms with Crippen molar-refractivity contribution in [2.24, 2.45) is 0 Å². The van der Waals surface area contributed by atoms with Gasteiger partial charge in [-0.2, -0.15) is 0 Å². The molecule has 0 amide bonds. The van der Waals surface area contributed by atoms with Gasteiger partial charge in [-0.15, -0.1) is 0 Å². The smallest absolute Gasteiger partial charge is 0.335 e. The van der Waals surface area contributed by atoms with Gasteiger partial charge in [-0.1, -0.05) is 34.1 Å². The van der Waals surface area contributed by atoms with Gasteiger partial charge in [0.05, 0.1) is 5.56 Å². The lowest BCUT2D eigenvalue weighted by molar-refractivity contribution is 0.0696. The molecule has 0 atom stereocenters. The molecule has 98 valence electrons. The van der Waals surface area contributed by atoms with E-state index < -0.39 is 5.97 Å². The molecule has 3 nitrogen and oxygen atoms in total. The summed E-state index contributed by atoms with van der Waals surface area (Å²) in [5.41, 5.74) is 9.71. The highest BCUT2D eigenvalue weighted by Gasteiger charge is 2.11. The molecule has 19 heavy (non-hydrogen) atoms. The summed E-state index contributed by atoms with van der Waals surface area (Å²) in [6.07, 6.45) is 0.535. The Morgan fingerprint density at radius 3 is 2.63 bits per heavy atom. The van der Waals surface area contributed by atoms with Gasteiger partial charge in [0.1, 0.15) is 0 Å². The summed E-state index contributed by atoms with van der Waals surface area (Å²) in [6, 6.07) is 10.8. The second-order valence-electron chi connectivity index (χ2n) is 4.44. The molecule has 0 saturated heterocycles. The van der Waals surface area contributed by atoms with E-state index >= 15 is 0 Å². The van der Waals surface area contributed by atoms with Crippen LogP contribution in [0.3, 0.4) is 0 Å². The van der Waals surface area contributed by atoms with E-state index in [1.165, 1.54) is 0 Å². The Kier molecular flexibility index (Phi) is 3.90. The van der Waals surface area contributed by atoms with Crippen molar-refractivity contribution in [2.45, 2.75) is 13.3 Å². The van der Waals surface area contributed by atoms with Crippen LogP contribution in [0, 0.1) is 6.92 Å².